The molecule has 2 rings (SSSR count). The van der Waals surface area contributed by atoms with E-state index in [1.807, 2.05) is 6.92 Å². The predicted octanol–water partition coefficient (Wildman–Crippen LogP) is 0.614. The number of piperidine rings is 1. The van der Waals surface area contributed by atoms with Crippen LogP contribution in [0, 0.1) is 17.8 Å². The van der Waals surface area contributed by atoms with Gasteiger partial charge < -0.3 is 0 Å². The molecule has 0 bridgehead atoms. The third-order valence-electron chi connectivity index (χ3n) is 3.80. The van der Waals surface area contributed by atoms with Crippen molar-refractivity contribution >= 4 is 23.4 Å². The van der Waals surface area contributed by atoms with Gasteiger partial charge >= 0.3 is 0 Å². The van der Waals surface area contributed by atoms with Crippen LogP contribution in [0.5, 0.6) is 0 Å². The summed E-state index contributed by atoms with van der Waals surface area (Å²) in [6, 6.07) is 0. The molecule has 0 aromatic rings. The van der Waals surface area contributed by atoms with Crippen molar-refractivity contribution in [2.24, 2.45) is 17.8 Å². The van der Waals surface area contributed by atoms with Crippen LogP contribution in [-0.2, 0) is 19.2 Å². The molecule has 0 aromatic heterocycles. The van der Waals surface area contributed by atoms with E-state index < -0.39 is 23.7 Å². The Balaban J connectivity index is 2.07. The second kappa shape index (κ2) is 5.00. The Morgan fingerprint density at radius 1 is 1.17 bits per heavy atom. The lowest BCUT2D eigenvalue weighted by Crippen LogP contribution is -2.44. The van der Waals surface area contributed by atoms with Gasteiger partial charge in [0.05, 0.1) is 5.92 Å². The molecule has 2 fully saturated rings. The van der Waals surface area contributed by atoms with Crippen LogP contribution in [0.4, 0.5) is 0 Å². The minimum absolute atomic E-state index is 0.0305. The highest BCUT2D eigenvalue weighted by Gasteiger charge is 2.39. The first-order chi connectivity index (χ1) is 8.47. The summed E-state index contributed by atoms with van der Waals surface area (Å²) in [5.41, 5.74) is 0. The molecule has 98 valence electrons. The first-order valence-corrected chi connectivity index (χ1v) is 6.36. The SMILES string of the molecule is CC1CCC(=O)C(C(=O)C2CC(=O)NC(=O)C2)C1. The minimum atomic E-state index is -0.606. The molecule has 5 heteroatoms. The number of nitrogens with one attached hydrogen (secondary N) is 1. The number of hydrogen-bond donors (Lipinski definition) is 1. The van der Waals surface area contributed by atoms with E-state index in [9.17, 15) is 19.2 Å². The zero-order chi connectivity index (χ0) is 13.3. The van der Waals surface area contributed by atoms with E-state index in [1.54, 1.807) is 0 Å². The Morgan fingerprint density at radius 2 is 1.78 bits per heavy atom. The van der Waals surface area contributed by atoms with Gasteiger partial charge in [0.25, 0.3) is 0 Å². The van der Waals surface area contributed by atoms with Crippen LogP contribution in [0.25, 0.3) is 0 Å². The maximum atomic E-state index is 12.2. The van der Waals surface area contributed by atoms with E-state index in [1.165, 1.54) is 0 Å². The Labute approximate surface area is 105 Å². The number of rotatable bonds is 2. The third kappa shape index (κ3) is 2.66. The molecule has 18 heavy (non-hydrogen) atoms. The molecule has 1 N–H and O–H groups in total. The van der Waals surface area contributed by atoms with Crippen molar-refractivity contribution in [3.05, 3.63) is 0 Å². The molecule has 1 aliphatic heterocycles. The summed E-state index contributed by atoms with van der Waals surface area (Å²) in [4.78, 5) is 46.5. The second-order valence-corrected chi connectivity index (χ2v) is 5.38. The first kappa shape index (κ1) is 12.9. The number of carbonyl (C=O) groups excluding carboxylic acids is 4. The van der Waals surface area contributed by atoms with Crippen molar-refractivity contribution in [2.45, 2.75) is 39.0 Å². The fourth-order valence-corrected chi connectivity index (χ4v) is 2.75. The minimum Gasteiger partial charge on any atom is -0.299 e. The molecule has 0 aromatic carbocycles. The second-order valence-electron chi connectivity index (χ2n) is 5.38. The van der Waals surface area contributed by atoms with Crippen molar-refractivity contribution in [1.29, 1.82) is 0 Å². The molecule has 2 unspecified atom stereocenters. The van der Waals surface area contributed by atoms with Crippen LogP contribution in [0.3, 0.4) is 0 Å². The van der Waals surface area contributed by atoms with Crippen LogP contribution in [0.2, 0.25) is 0 Å². The Kier molecular flexibility index (Phi) is 3.59. The van der Waals surface area contributed by atoms with Gasteiger partial charge in [-0.05, 0) is 18.8 Å². The standard InChI is InChI=1S/C13H17NO4/c1-7-2-3-10(15)9(4-7)13(18)8-5-11(16)14-12(17)6-8/h7-9H,2-6H2,1H3,(H,14,16,17). The van der Waals surface area contributed by atoms with Crippen molar-refractivity contribution in [3.8, 4) is 0 Å². The number of ketones is 2. The molecular weight excluding hydrogens is 234 g/mol. The van der Waals surface area contributed by atoms with Crippen molar-refractivity contribution < 1.29 is 19.2 Å². The van der Waals surface area contributed by atoms with Crippen LogP contribution >= 0.6 is 0 Å². The van der Waals surface area contributed by atoms with Crippen molar-refractivity contribution in [1.82, 2.24) is 5.32 Å². The van der Waals surface area contributed by atoms with E-state index in [0.29, 0.717) is 18.8 Å². The van der Waals surface area contributed by atoms with Gasteiger partial charge in [0, 0.05) is 25.2 Å². The van der Waals surface area contributed by atoms with E-state index in [2.05, 4.69) is 5.32 Å². The molecular formula is C13H17NO4. The summed E-state index contributed by atoms with van der Waals surface area (Å²) in [6.07, 6.45) is 1.88. The molecule has 2 atom stereocenters. The van der Waals surface area contributed by atoms with Gasteiger partial charge in [-0.2, -0.15) is 0 Å². The summed E-state index contributed by atoms with van der Waals surface area (Å²) in [5.74, 6) is -1.93. The first-order valence-electron chi connectivity index (χ1n) is 6.36. The number of amides is 2. The van der Waals surface area contributed by atoms with Gasteiger partial charge in [0.2, 0.25) is 11.8 Å². The lowest BCUT2D eigenvalue weighted by Gasteiger charge is -2.28. The highest BCUT2D eigenvalue weighted by molar-refractivity contribution is 6.08. The largest absolute Gasteiger partial charge is 0.299 e. The third-order valence-corrected chi connectivity index (χ3v) is 3.80. The highest BCUT2D eigenvalue weighted by Crippen LogP contribution is 2.30. The van der Waals surface area contributed by atoms with E-state index >= 15 is 0 Å². The van der Waals surface area contributed by atoms with Gasteiger partial charge in [0.1, 0.15) is 11.6 Å². The lowest BCUT2D eigenvalue weighted by atomic mass is 9.74. The van der Waals surface area contributed by atoms with E-state index in [0.717, 1.165) is 6.42 Å². The number of Topliss-reactive ketones (excluding diaryl/α,β-unsaturated/α-hetero) is 2. The molecule has 0 radical (unpaired) electrons. The summed E-state index contributed by atoms with van der Waals surface area (Å²) < 4.78 is 0. The van der Waals surface area contributed by atoms with Crippen LogP contribution in [0.1, 0.15) is 39.0 Å². The fourth-order valence-electron chi connectivity index (χ4n) is 2.75. The molecule has 1 saturated heterocycles. The van der Waals surface area contributed by atoms with Gasteiger partial charge in [-0.25, -0.2) is 0 Å². The molecule has 2 aliphatic rings. The molecule has 0 spiro atoms. The van der Waals surface area contributed by atoms with Crippen LogP contribution in [-0.4, -0.2) is 23.4 Å². The molecule has 1 aliphatic carbocycles. The number of hydrogen-bond acceptors (Lipinski definition) is 4. The average molecular weight is 251 g/mol. The number of carbonyl (C=O) groups is 4. The van der Waals surface area contributed by atoms with Gasteiger partial charge in [-0.3, -0.25) is 24.5 Å². The normalized spacial score (nSPS) is 30.2. The topological polar surface area (TPSA) is 80.3 Å². The molecule has 5 nitrogen and oxygen atoms in total. The summed E-state index contributed by atoms with van der Waals surface area (Å²) in [6.45, 7) is 2.02. The maximum Gasteiger partial charge on any atom is 0.227 e. The Bertz CT molecular complexity index is 399. The van der Waals surface area contributed by atoms with E-state index in [4.69, 9.17) is 0 Å². The summed E-state index contributed by atoms with van der Waals surface area (Å²) >= 11 is 0. The maximum absolute atomic E-state index is 12.2. The van der Waals surface area contributed by atoms with Crippen molar-refractivity contribution in [2.75, 3.05) is 0 Å². The predicted molar refractivity (Wildman–Crippen MR) is 62.4 cm³/mol. The van der Waals surface area contributed by atoms with Crippen molar-refractivity contribution in [3.63, 3.8) is 0 Å². The van der Waals surface area contributed by atoms with Gasteiger partial charge in [-0.1, -0.05) is 6.92 Å². The monoisotopic (exact) mass is 251 g/mol. The van der Waals surface area contributed by atoms with Crippen LogP contribution < -0.4 is 5.32 Å². The molecule has 1 heterocycles. The quantitative estimate of drug-likeness (QED) is 0.576. The molecule has 2 amide bonds. The Hall–Kier alpha value is -1.52. The fraction of sp³-hybridized carbons (Fsp3) is 0.692. The van der Waals surface area contributed by atoms with Crippen LogP contribution in [0.15, 0.2) is 0 Å². The zero-order valence-corrected chi connectivity index (χ0v) is 10.4. The smallest absolute Gasteiger partial charge is 0.227 e. The Morgan fingerprint density at radius 3 is 2.39 bits per heavy atom. The summed E-state index contributed by atoms with van der Waals surface area (Å²) in [5, 5.41) is 2.17. The highest BCUT2D eigenvalue weighted by atomic mass is 16.2. The van der Waals surface area contributed by atoms with E-state index in [-0.39, 0.29) is 24.4 Å². The van der Waals surface area contributed by atoms with Gasteiger partial charge in [0.15, 0.2) is 0 Å². The summed E-state index contributed by atoms with van der Waals surface area (Å²) in [7, 11) is 0. The zero-order valence-electron chi connectivity index (χ0n) is 10.4. The molecule has 1 saturated carbocycles. The van der Waals surface area contributed by atoms with Gasteiger partial charge in [-0.15, -0.1) is 0 Å². The number of imide groups is 1. The lowest BCUT2D eigenvalue weighted by molar-refractivity contribution is -0.145. The average Bonchev–Trinajstić information content (AvgIpc) is 2.30.